The lowest BCUT2D eigenvalue weighted by Gasteiger charge is -2.27. The Hall–Kier alpha value is -1.66. The summed E-state index contributed by atoms with van der Waals surface area (Å²) in [4.78, 5) is 22.6. The van der Waals surface area contributed by atoms with Crippen LogP contribution in [0.25, 0.3) is 0 Å². The predicted molar refractivity (Wildman–Crippen MR) is 76.7 cm³/mol. The van der Waals surface area contributed by atoms with E-state index in [0.717, 1.165) is 19.3 Å². The zero-order valence-corrected chi connectivity index (χ0v) is 11.6. The molecule has 108 valence electrons. The molecule has 6 nitrogen and oxygen atoms in total. The van der Waals surface area contributed by atoms with Gasteiger partial charge in [-0.3, -0.25) is 14.9 Å². The maximum atomic E-state index is 12.2. The Bertz CT molecular complexity index is 536. The number of nitrogens with two attached hydrogens (primary N) is 1. The molecule has 0 heterocycles. The van der Waals surface area contributed by atoms with Crippen molar-refractivity contribution < 1.29 is 9.72 Å². The molecule has 1 saturated carbocycles. The summed E-state index contributed by atoms with van der Waals surface area (Å²) in [6.07, 6.45) is 3.50. The Morgan fingerprint density at radius 3 is 2.75 bits per heavy atom. The van der Waals surface area contributed by atoms with Gasteiger partial charge in [0.2, 0.25) is 5.91 Å². The summed E-state index contributed by atoms with van der Waals surface area (Å²) in [5.41, 5.74) is 5.88. The summed E-state index contributed by atoms with van der Waals surface area (Å²) in [6.45, 7) is 0. The van der Waals surface area contributed by atoms with Crippen LogP contribution in [0.4, 0.5) is 11.4 Å². The number of carbonyl (C=O) groups is 1. The quantitative estimate of drug-likeness (QED) is 0.662. The predicted octanol–water partition coefficient (Wildman–Crippen LogP) is 2.70. The number of amides is 1. The van der Waals surface area contributed by atoms with Crippen LogP contribution in [0.1, 0.15) is 25.7 Å². The largest absolute Gasteiger partial charge is 0.327 e. The van der Waals surface area contributed by atoms with E-state index in [4.69, 9.17) is 17.3 Å². The van der Waals surface area contributed by atoms with Gasteiger partial charge in [-0.15, -0.1) is 0 Å². The SMILES string of the molecule is NC1CCCCC1C(=O)Nc1ccc(Cl)cc1[N+](=O)[O-]. The van der Waals surface area contributed by atoms with Gasteiger partial charge in [0.15, 0.2) is 0 Å². The van der Waals surface area contributed by atoms with Gasteiger partial charge >= 0.3 is 0 Å². The molecule has 0 spiro atoms. The third-order valence-electron chi connectivity index (χ3n) is 3.57. The Morgan fingerprint density at radius 1 is 1.40 bits per heavy atom. The number of anilines is 1. The zero-order valence-electron chi connectivity index (χ0n) is 10.8. The van der Waals surface area contributed by atoms with Gasteiger partial charge in [0.1, 0.15) is 5.69 Å². The molecular formula is C13H16ClN3O3. The summed E-state index contributed by atoms with van der Waals surface area (Å²) in [6, 6.07) is 3.98. The number of nitrogens with one attached hydrogen (secondary N) is 1. The maximum Gasteiger partial charge on any atom is 0.294 e. The molecule has 1 amide bonds. The molecule has 0 saturated heterocycles. The van der Waals surface area contributed by atoms with Crippen LogP contribution in [0, 0.1) is 16.0 Å². The molecule has 1 fully saturated rings. The molecule has 1 aromatic carbocycles. The summed E-state index contributed by atoms with van der Waals surface area (Å²) in [7, 11) is 0. The van der Waals surface area contributed by atoms with Gasteiger partial charge < -0.3 is 11.1 Å². The van der Waals surface area contributed by atoms with Gasteiger partial charge in [0.05, 0.1) is 10.8 Å². The molecule has 2 atom stereocenters. The lowest BCUT2D eigenvalue weighted by molar-refractivity contribution is -0.383. The van der Waals surface area contributed by atoms with Crippen LogP contribution in [0.3, 0.4) is 0 Å². The monoisotopic (exact) mass is 297 g/mol. The Balaban J connectivity index is 2.17. The van der Waals surface area contributed by atoms with Gasteiger partial charge in [0, 0.05) is 17.1 Å². The number of nitro benzene ring substituents is 1. The van der Waals surface area contributed by atoms with Gasteiger partial charge in [-0.2, -0.15) is 0 Å². The minimum atomic E-state index is -0.567. The van der Waals surface area contributed by atoms with Gasteiger partial charge in [-0.25, -0.2) is 0 Å². The number of nitrogens with zero attached hydrogens (tertiary/aromatic N) is 1. The van der Waals surface area contributed by atoms with Gasteiger partial charge in [-0.05, 0) is 25.0 Å². The highest BCUT2D eigenvalue weighted by Crippen LogP contribution is 2.30. The van der Waals surface area contributed by atoms with E-state index >= 15 is 0 Å². The zero-order chi connectivity index (χ0) is 14.7. The molecule has 0 aromatic heterocycles. The third kappa shape index (κ3) is 3.26. The first-order valence-electron chi connectivity index (χ1n) is 6.49. The number of benzene rings is 1. The van der Waals surface area contributed by atoms with E-state index in [9.17, 15) is 14.9 Å². The first-order chi connectivity index (χ1) is 9.49. The molecule has 0 bridgehead atoms. The van der Waals surface area contributed by atoms with Crippen LogP contribution in [0.5, 0.6) is 0 Å². The van der Waals surface area contributed by atoms with Crippen LogP contribution in [-0.4, -0.2) is 16.9 Å². The van der Waals surface area contributed by atoms with Crippen molar-refractivity contribution in [2.45, 2.75) is 31.7 Å². The van der Waals surface area contributed by atoms with Crippen molar-refractivity contribution in [1.29, 1.82) is 0 Å². The Kier molecular flexibility index (Phi) is 4.57. The molecule has 7 heteroatoms. The highest BCUT2D eigenvalue weighted by atomic mass is 35.5. The molecule has 1 aromatic rings. The summed E-state index contributed by atoms with van der Waals surface area (Å²) >= 11 is 5.73. The summed E-state index contributed by atoms with van der Waals surface area (Å²) < 4.78 is 0. The van der Waals surface area contributed by atoms with Gasteiger partial charge in [-0.1, -0.05) is 24.4 Å². The Labute approximate surface area is 121 Å². The molecule has 2 rings (SSSR count). The molecule has 1 aliphatic rings. The van der Waals surface area contributed by atoms with Crippen LogP contribution >= 0.6 is 11.6 Å². The Morgan fingerprint density at radius 2 is 2.10 bits per heavy atom. The molecule has 0 aliphatic heterocycles. The highest BCUT2D eigenvalue weighted by molar-refractivity contribution is 6.31. The number of carbonyl (C=O) groups excluding carboxylic acids is 1. The molecule has 20 heavy (non-hydrogen) atoms. The average molecular weight is 298 g/mol. The van der Waals surface area contributed by atoms with Crippen molar-refractivity contribution in [2.75, 3.05) is 5.32 Å². The fourth-order valence-corrected chi connectivity index (χ4v) is 2.64. The van der Waals surface area contributed by atoms with Crippen molar-refractivity contribution in [3.05, 3.63) is 33.3 Å². The lowest BCUT2D eigenvalue weighted by Crippen LogP contribution is -2.40. The fraction of sp³-hybridized carbons (Fsp3) is 0.462. The van der Waals surface area contributed by atoms with Crippen molar-refractivity contribution in [3.63, 3.8) is 0 Å². The van der Waals surface area contributed by atoms with Crippen molar-refractivity contribution in [3.8, 4) is 0 Å². The molecular weight excluding hydrogens is 282 g/mol. The number of hydrogen-bond acceptors (Lipinski definition) is 4. The summed E-state index contributed by atoms with van der Waals surface area (Å²) in [5.74, 6) is -0.554. The van der Waals surface area contributed by atoms with Crippen LogP contribution in [0.15, 0.2) is 18.2 Å². The fourth-order valence-electron chi connectivity index (χ4n) is 2.47. The van der Waals surface area contributed by atoms with E-state index in [1.807, 2.05) is 0 Å². The van der Waals surface area contributed by atoms with E-state index in [0.29, 0.717) is 6.42 Å². The highest BCUT2D eigenvalue weighted by Gasteiger charge is 2.29. The van der Waals surface area contributed by atoms with Crippen LogP contribution in [0.2, 0.25) is 5.02 Å². The van der Waals surface area contributed by atoms with E-state index in [-0.39, 0.29) is 34.3 Å². The van der Waals surface area contributed by atoms with Crippen LogP contribution < -0.4 is 11.1 Å². The number of nitro groups is 1. The van der Waals surface area contributed by atoms with Crippen molar-refractivity contribution in [1.82, 2.24) is 0 Å². The molecule has 3 N–H and O–H groups in total. The molecule has 0 radical (unpaired) electrons. The number of halogens is 1. The van der Waals surface area contributed by atoms with E-state index in [2.05, 4.69) is 5.32 Å². The van der Waals surface area contributed by atoms with E-state index in [1.165, 1.54) is 18.2 Å². The normalized spacial score (nSPS) is 22.3. The molecule has 2 unspecified atom stereocenters. The smallest absolute Gasteiger partial charge is 0.294 e. The number of hydrogen-bond donors (Lipinski definition) is 2. The second-order valence-electron chi connectivity index (χ2n) is 4.96. The maximum absolute atomic E-state index is 12.2. The van der Waals surface area contributed by atoms with E-state index in [1.54, 1.807) is 0 Å². The summed E-state index contributed by atoms with van der Waals surface area (Å²) in [5, 5.41) is 13.8. The lowest BCUT2D eigenvalue weighted by atomic mass is 9.84. The van der Waals surface area contributed by atoms with Gasteiger partial charge in [0.25, 0.3) is 5.69 Å². The van der Waals surface area contributed by atoms with E-state index < -0.39 is 4.92 Å². The number of rotatable bonds is 3. The first-order valence-corrected chi connectivity index (χ1v) is 6.87. The topological polar surface area (TPSA) is 98.3 Å². The third-order valence-corrected chi connectivity index (χ3v) is 3.81. The second kappa shape index (κ2) is 6.19. The van der Waals surface area contributed by atoms with Crippen LogP contribution in [-0.2, 0) is 4.79 Å². The first kappa shape index (κ1) is 14.7. The standard InChI is InChI=1S/C13H16ClN3O3/c14-8-5-6-11(12(7-8)17(19)20)16-13(18)9-3-1-2-4-10(9)15/h5-7,9-10H,1-4,15H2,(H,16,18). The van der Waals surface area contributed by atoms with Crippen molar-refractivity contribution >= 4 is 28.9 Å². The second-order valence-corrected chi connectivity index (χ2v) is 5.40. The average Bonchev–Trinajstić information content (AvgIpc) is 2.41. The molecule has 1 aliphatic carbocycles. The minimum Gasteiger partial charge on any atom is -0.327 e. The minimum absolute atomic E-state index is 0.155. The van der Waals surface area contributed by atoms with Crippen molar-refractivity contribution in [2.24, 2.45) is 11.7 Å².